The van der Waals surface area contributed by atoms with Crippen molar-refractivity contribution in [2.24, 2.45) is 0 Å². The number of aromatic nitrogens is 2. The average Bonchev–Trinajstić information content (AvgIpc) is 2.42. The third-order valence-corrected chi connectivity index (χ3v) is 3.64. The third-order valence-electron chi connectivity index (χ3n) is 3.64. The predicted molar refractivity (Wildman–Crippen MR) is 74.9 cm³/mol. The molecule has 0 aromatic carbocycles. The highest BCUT2D eigenvalue weighted by molar-refractivity contribution is 5.56. The van der Waals surface area contributed by atoms with E-state index in [4.69, 9.17) is 5.73 Å². The summed E-state index contributed by atoms with van der Waals surface area (Å²) in [4.78, 5) is 13.7. The number of nitrogen functional groups attached to an aromatic ring is 1. The van der Waals surface area contributed by atoms with Crippen LogP contribution in [0, 0.1) is 6.92 Å². The monoisotopic (exact) mass is 249 g/mol. The molecule has 5 heteroatoms. The van der Waals surface area contributed by atoms with Crippen LogP contribution in [0.1, 0.15) is 25.2 Å². The van der Waals surface area contributed by atoms with Crippen molar-refractivity contribution in [2.45, 2.75) is 27.2 Å². The molecule has 1 saturated heterocycles. The molecule has 0 aliphatic carbocycles. The quantitative estimate of drug-likeness (QED) is 0.868. The van der Waals surface area contributed by atoms with Gasteiger partial charge < -0.3 is 15.5 Å². The Bertz CT molecular complexity index is 410. The van der Waals surface area contributed by atoms with Gasteiger partial charge in [-0.1, -0.05) is 13.8 Å². The molecule has 1 aromatic rings. The number of aryl methyl sites for hydroxylation is 1. The second-order valence-electron chi connectivity index (χ2n) is 4.75. The summed E-state index contributed by atoms with van der Waals surface area (Å²) in [6, 6.07) is 0. The molecule has 0 spiro atoms. The summed E-state index contributed by atoms with van der Waals surface area (Å²) in [7, 11) is 0. The van der Waals surface area contributed by atoms with Crippen molar-refractivity contribution < 1.29 is 0 Å². The molecule has 1 fully saturated rings. The Balaban J connectivity index is 2.20. The van der Waals surface area contributed by atoms with Gasteiger partial charge in [-0.3, -0.25) is 0 Å². The van der Waals surface area contributed by atoms with E-state index >= 15 is 0 Å². The third kappa shape index (κ3) is 2.56. The number of hydrogen-bond acceptors (Lipinski definition) is 5. The first kappa shape index (κ1) is 13.1. The van der Waals surface area contributed by atoms with E-state index in [0.717, 1.165) is 56.4 Å². The highest BCUT2D eigenvalue weighted by atomic mass is 15.3. The molecule has 1 aliphatic rings. The van der Waals surface area contributed by atoms with Gasteiger partial charge in [0.1, 0.15) is 17.5 Å². The van der Waals surface area contributed by atoms with Crippen molar-refractivity contribution in [1.29, 1.82) is 0 Å². The largest absolute Gasteiger partial charge is 0.383 e. The highest BCUT2D eigenvalue weighted by Crippen LogP contribution is 2.22. The van der Waals surface area contributed by atoms with E-state index in [0.29, 0.717) is 5.82 Å². The fourth-order valence-electron chi connectivity index (χ4n) is 2.31. The first-order chi connectivity index (χ1) is 8.65. The van der Waals surface area contributed by atoms with Gasteiger partial charge in [0, 0.05) is 38.2 Å². The standard InChI is InChI=1S/C13H23N5/c1-4-11-15-12(14)10(3)13(16-11)18-8-6-17(5-2)7-9-18/h4-9H2,1-3H3,(H2,14,15,16). The molecule has 5 nitrogen and oxygen atoms in total. The maximum Gasteiger partial charge on any atom is 0.137 e. The predicted octanol–water partition coefficient (Wildman–Crippen LogP) is 1.07. The van der Waals surface area contributed by atoms with Crippen molar-refractivity contribution in [2.75, 3.05) is 43.4 Å². The fraction of sp³-hybridized carbons (Fsp3) is 0.692. The van der Waals surface area contributed by atoms with Gasteiger partial charge in [-0.2, -0.15) is 0 Å². The van der Waals surface area contributed by atoms with Crippen molar-refractivity contribution >= 4 is 11.6 Å². The van der Waals surface area contributed by atoms with E-state index in [2.05, 4.69) is 33.6 Å². The minimum Gasteiger partial charge on any atom is -0.383 e. The molecule has 2 rings (SSSR count). The van der Waals surface area contributed by atoms with Gasteiger partial charge in [0.15, 0.2) is 0 Å². The number of rotatable bonds is 3. The smallest absolute Gasteiger partial charge is 0.137 e. The molecule has 0 atom stereocenters. The number of nitrogens with two attached hydrogens (primary N) is 1. The Hall–Kier alpha value is -1.36. The summed E-state index contributed by atoms with van der Waals surface area (Å²) in [6.45, 7) is 11.6. The van der Waals surface area contributed by atoms with Gasteiger partial charge in [0.25, 0.3) is 0 Å². The summed E-state index contributed by atoms with van der Waals surface area (Å²) in [6.07, 6.45) is 0.826. The highest BCUT2D eigenvalue weighted by Gasteiger charge is 2.20. The van der Waals surface area contributed by atoms with Crippen molar-refractivity contribution in [3.05, 3.63) is 11.4 Å². The van der Waals surface area contributed by atoms with E-state index in [1.54, 1.807) is 0 Å². The van der Waals surface area contributed by atoms with Crippen LogP contribution in [-0.4, -0.2) is 47.6 Å². The lowest BCUT2D eigenvalue weighted by molar-refractivity contribution is 0.270. The van der Waals surface area contributed by atoms with Crippen LogP contribution >= 0.6 is 0 Å². The van der Waals surface area contributed by atoms with Crippen LogP contribution < -0.4 is 10.6 Å². The number of likely N-dealkylation sites (N-methyl/N-ethyl adjacent to an activating group) is 1. The van der Waals surface area contributed by atoms with Gasteiger partial charge >= 0.3 is 0 Å². The van der Waals surface area contributed by atoms with Gasteiger partial charge in [0.2, 0.25) is 0 Å². The van der Waals surface area contributed by atoms with Crippen LogP contribution in [0.3, 0.4) is 0 Å². The Morgan fingerprint density at radius 1 is 1.11 bits per heavy atom. The lowest BCUT2D eigenvalue weighted by atomic mass is 10.2. The molecular formula is C13H23N5. The molecule has 2 heterocycles. The molecular weight excluding hydrogens is 226 g/mol. The molecule has 100 valence electrons. The molecule has 1 aromatic heterocycles. The summed E-state index contributed by atoms with van der Waals surface area (Å²) in [5.41, 5.74) is 6.98. The lowest BCUT2D eigenvalue weighted by Gasteiger charge is -2.35. The molecule has 0 saturated carbocycles. The summed E-state index contributed by atoms with van der Waals surface area (Å²) >= 11 is 0. The minimum absolute atomic E-state index is 0.620. The lowest BCUT2D eigenvalue weighted by Crippen LogP contribution is -2.46. The van der Waals surface area contributed by atoms with E-state index in [1.165, 1.54) is 0 Å². The van der Waals surface area contributed by atoms with Crippen LogP contribution in [-0.2, 0) is 6.42 Å². The Labute approximate surface area is 109 Å². The maximum atomic E-state index is 5.97. The van der Waals surface area contributed by atoms with Crippen LogP contribution in [0.4, 0.5) is 11.6 Å². The van der Waals surface area contributed by atoms with Gasteiger partial charge in [0.05, 0.1) is 0 Å². The fourth-order valence-corrected chi connectivity index (χ4v) is 2.31. The summed E-state index contributed by atoms with van der Waals surface area (Å²) in [5.74, 6) is 2.48. The van der Waals surface area contributed by atoms with Crippen molar-refractivity contribution in [3.8, 4) is 0 Å². The number of anilines is 2. The summed E-state index contributed by atoms with van der Waals surface area (Å²) in [5, 5.41) is 0. The average molecular weight is 249 g/mol. The number of hydrogen-bond donors (Lipinski definition) is 1. The number of nitrogens with zero attached hydrogens (tertiary/aromatic N) is 4. The van der Waals surface area contributed by atoms with Crippen LogP contribution in [0.25, 0.3) is 0 Å². The molecule has 0 bridgehead atoms. The summed E-state index contributed by atoms with van der Waals surface area (Å²) < 4.78 is 0. The van der Waals surface area contributed by atoms with Gasteiger partial charge in [-0.05, 0) is 13.5 Å². The van der Waals surface area contributed by atoms with Crippen LogP contribution in [0.15, 0.2) is 0 Å². The van der Waals surface area contributed by atoms with E-state index in [-0.39, 0.29) is 0 Å². The first-order valence-corrected chi connectivity index (χ1v) is 6.76. The Morgan fingerprint density at radius 2 is 1.78 bits per heavy atom. The molecule has 2 N–H and O–H groups in total. The molecule has 1 aliphatic heterocycles. The zero-order valence-corrected chi connectivity index (χ0v) is 11.6. The molecule has 18 heavy (non-hydrogen) atoms. The Morgan fingerprint density at radius 3 is 2.33 bits per heavy atom. The second-order valence-corrected chi connectivity index (χ2v) is 4.75. The van der Waals surface area contributed by atoms with Crippen LogP contribution in [0.2, 0.25) is 0 Å². The van der Waals surface area contributed by atoms with E-state index in [9.17, 15) is 0 Å². The normalized spacial score (nSPS) is 17.2. The van der Waals surface area contributed by atoms with E-state index in [1.807, 2.05) is 6.92 Å². The zero-order chi connectivity index (χ0) is 13.1. The minimum atomic E-state index is 0.620. The molecule has 0 amide bonds. The van der Waals surface area contributed by atoms with Crippen molar-refractivity contribution in [1.82, 2.24) is 14.9 Å². The zero-order valence-electron chi connectivity index (χ0n) is 11.6. The van der Waals surface area contributed by atoms with Crippen LogP contribution in [0.5, 0.6) is 0 Å². The Kier molecular flexibility index (Phi) is 4.01. The second kappa shape index (κ2) is 5.52. The molecule has 0 unspecified atom stereocenters. The SMILES string of the molecule is CCc1nc(N)c(C)c(N2CCN(CC)CC2)n1. The topological polar surface area (TPSA) is 58.3 Å². The van der Waals surface area contributed by atoms with Crippen molar-refractivity contribution in [3.63, 3.8) is 0 Å². The first-order valence-electron chi connectivity index (χ1n) is 6.76. The van der Waals surface area contributed by atoms with Gasteiger partial charge in [-0.15, -0.1) is 0 Å². The van der Waals surface area contributed by atoms with Gasteiger partial charge in [-0.25, -0.2) is 9.97 Å². The maximum absolute atomic E-state index is 5.97. The van der Waals surface area contributed by atoms with E-state index < -0.39 is 0 Å². The number of piperazine rings is 1. The molecule has 0 radical (unpaired) electrons.